The van der Waals surface area contributed by atoms with Gasteiger partial charge in [-0.05, 0) is 129 Å². The summed E-state index contributed by atoms with van der Waals surface area (Å²) in [5, 5.41) is 7.84. The Balaban J connectivity index is 1.20. The highest BCUT2D eigenvalue weighted by Gasteiger charge is 2.43. The lowest BCUT2D eigenvalue weighted by Crippen LogP contribution is -2.25. The molecule has 1 nitrogen and oxygen atoms in total. The van der Waals surface area contributed by atoms with Crippen molar-refractivity contribution >= 4 is 37.9 Å². The SMILES string of the molecule is C=C/C=C(/C=C/C=C\C=C\C(=C\C=C)N(CCC[C@H]1CC(C)C(C)(C)C1C)C1=CCC(C)C=C1)c1ccc2ccc3cc(C)cc4ccc1c2c34. The Labute approximate surface area is 307 Å². The molecule has 51 heavy (non-hydrogen) atoms. The highest BCUT2D eigenvalue weighted by atomic mass is 15.1. The summed E-state index contributed by atoms with van der Waals surface area (Å²) < 4.78 is 0. The molecule has 3 unspecified atom stereocenters. The van der Waals surface area contributed by atoms with E-state index < -0.39 is 0 Å². The van der Waals surface area contributed by atoms with Crippen LogP contribution < -0.4 is 0 Å². The van der Waals surface area contributed by atoms with Crippen LogP contribution in [0.2, 0.25) is 0 Å². The zero-order valence-corrected chi connectivity index (χ0v) is 31.8. The van der Waals surface area contributed by atoms with E-state index in [0.717, 1.165) is 36.3 Å². The minimum atomic E-state index is 0.427. The summed E-state index contributed by atoms with van der Waals surface area (Å²) in [7, 11) is 0. The number of allylic oxidation sites excluding steroid dienone is 14. The van der Waals surface area contributed by atoms with Gasteiger partial charge in [-0.2, -0.15) is 0 Å². The van der Waals surface area contributed by atoms with Crippen LogP contribution in [-0.4, -0.2) is 11.4 Å². The standard InChI is InChI=1S/C50H57N/c1-9-16-39(46-29-25-40-23-24-42-32-36(4)33-43-26-30-47(46)49(40)48(42)43)18-13-11-12-14-20-44(17-10-2)51(45-27-21-35(3)22-28-45)31-15-19-41-34-37(5)50(7,8)38(41)6/h9-14,16-18,20-21,23-30,32-33,35,37-38,41H,1-2,15,19,22,31,34H2,3-8H3/b12-11-,18-13+,20-14+,39-16-,44-17-/t35?,37?,38?,41-/m0/s1. The molecule has 0 bridgehead atoms. The van der Waals surface area contributed by atoms with Crippen molar-refractivity contribution in [2.24, 2.45) is 29.1 Å². The van der Waals surface area contributed by atoms with E-state index in [2.05, 4.69) is 175 Å². The minimum absolute atomic E-state index is 0.427. The van der Waals surface area contributed by atoms with E-state index in [-0.39, 0.29) is 0 Å². The molecule has 2 aliphatic rings. The fourth-order valence-electron chi connectivity index (χ4n) is 8.61. The number of benzene rings is 4. The Morgan fingerprint density at radius 3 is 2.20 bits per heavy atom. The van der Waals surface area contributed by atoms with Crippen LogP contribution >= 0.6 is 0 Å². The number of hydrogen-bond donors (Lipinski definition) is 0. The molecular weight excluding hydrogens is 615 g/mol. The highest BCUT2D eigenvalue weighted by Crippen LogP contribution is 2.51. The number of rotatable bonds is 13. The van der Waals surface area contributed by atoms with E-state index in [1.807, 2.05) is 12.2 Å². The smallest absolute Gasteiger partial charge is 0.0410 e. The summed E-state index contributed by atoms with van der Waals surface area (Å²) in [5.74, 6) is 2.93. The number of hydrogen-bond acceptors (Lipinski definition) is 1. The van der Waals surface area contributed by atoms with Crippen molar-refractivity contribution in [1.82, 2.24) is 4.90 Å². The van der Waals surface area contributed by atoms with Gasteiger partial charge in [0.15, 0.2) is 0 Å². The molecule has 0 aromatic heterocycles. The van der Waals surface area contributed by atoms with Crippen molar-refractivity contribution in [3.63, 3.8) is 0 Å². The molecule has 1 heteroatoms. The molecule has 0 radical (unpaired) electrons. The van der Waals surface area contributed by atoms with E-state index in [1.54, 1.807) is 0 Å². The van der Waals surface area contributed by atoms with Gasteiger partial charge in [-0.15, -0.1) is 0 Å². The van der Waals surface area contributed by atoms with E-state index in [4.69, 9.17) is 0 Å². The van der Waals surface area contributed by atoms with Gasteiger partial charge < -0.3 is 4.90 Å². The summed E-state index contributed by atoms with van der Waals surface area (Å²) >= 11 is 0. The quantitative estimate of drug-likeness (QED) is 0.101. The summed E-state index contributed by atoms with van der Waals surface area (Å²) in [6, 6.07) is 18.2. The van der Waals surface area contributed by atoms with Gasteiger partial charge in [0, 0.05) is 17.9 Å². The van der Waals surface area contributed by atoms with E-state index in [0.29, 0.717) is 11.3 Å². The third kappa shape index (κ3) is 7.69. The van der Waals surface area contributed by atoms with Gasteiger partial charge in [0.25, 0.3) is 0 Å². The second kappa shape index (κ2) is 15.7. The van der Waals surface area contributed by atoms with Gasteiger partial charge in [0.05, 0.1) is 0 Å². The average molecular weight is 672 g/mol. The molecular formula is C50H57N. The molecule has 0 saturated heterocycles. The summed E-state index contributed by atoms with van der Waals surface area (Å²) in [6.07, 6.45) is 33.0. The molecule has 0 spiro atoms. The van der Waals surface area contributed by atoms with Crippen LogP contribution in [0.25, 0.3) is 37.9 Å². The second-order valence-corrected chi connectivity index (χ2v) is 15.8. The van der Waals surface area contributed by atoms with Crippen molar-refractivity contribution < 1.29 is 0 Å². The van der Waals surface area contributed by atoms with Crippen molar-refractivity contribution in [3.8, 4) is 0 Å². The van der Waals surface area contributed by atoms with Crippen LogP contribution in [0.15, 0.2) is 152 Å². The van der Waals surface area contributed by atoms with Crippen molar-refractivity contribution in [1.29, 1.82) is 0 Å². The predicted octanol–water partition coefficient (Wildman–Crippen LogP) is 14.1. The van der Waals surface area contributed by atoms with E-state index in [1.165, 1.54) is 74.1 Å². The normalized spacial score (nSPS) is 22.7. The molecule has 2 aliphatic carbocycles. The largest absolute Gasteiger partial charge is 0.342 e. The van der Waals surface area contributed by atoms with Crippen LogP contribution in [0.3, 0.4) is 0 Å². The van der Waals surface area contributed by atoms with E-state index >= 15 is 0 Å². The van der Waals surface area contributed by atoms with Crippen LogP contribution in [0, 0.1) is 36.0 Å². The first kappa shape index (κ1) is 36.2. The zero-order valence-electron chi connectivity index (χ0n) is 31.8. The Hall–Kier alpha value is -4.62. The Morgan fingerprint density at radius 2 is 1.53 bits per heavy atom. The molecule has 4 atom stereocenters. The Kier molecular flexibility index (Phi) is 11.2. The molecule has 4 aromatic carbocycles. The maximum atomic E-state index is 4.08. The monoisotopic (exact) mass is 671 g/mol. The van der Waals surface area contributed by atoms with Gasteiger partial charge in [-0.1, -0.05) is 157 Å². The summed E-state index contributed by atoms with van der Waals surface area (Å²) in [5.41, 5.74) is 6.56. The topological polar surface area (TPSA) is 3.24 Å². The second-order valence-electron chi connectivity index (χ2n) is 15.8. The average Bonchev–Trinajstić information content (AvgIpc) is 3.31. The third-order valence-corrected chi connectivity index (χ3v) is 12.2. The molecule has 0 heterocycles. The molecule has 0 N–H and O–H groups in total. The molecule has 0 amide bonds. The lowest BCUT2D eigenvalue weighted by Gasteiger charge is -2.31. The first-order chi connectivity index (χ1) is 24.6. The first-order valence-electron chi connectivity index (χ1n) is 19.1. The lowest BCUT2D eigenvalue weighted by atomic mass is 9.75. The van der Waals surface area contributed by atoms with Crippen molar-refractivity contribution in [2.75, 3.05) is 6.54 Å². The number of aryl methyl sites for hydroxylation is 1. The Bertz CT molecular complexity index is 2080. The number of nitrogens with zero attached hydrogens (tertiary/aromatic N) is 1. The maximum Gasteiger partial charge on any atom is 0.0410 e. The predicted molar refractivity (Wildman–Crippen MR) is 226 cm³/mol. The first-order valence-corrected chi connectivity index (χ1v) is 19.1. The van der Waals surface area contributed by atoms with Crippen LogP contribution in [0.5, 0.6) is 0 Å². The van der Waals surface area contributed by atoms with Crippen LogP contribution in [0.1, 0.15) is 71.4 Å². The van der Waals surface area contributed by atoms with Gasteiger partial charge in [-0.25, -0.2) is 0 Å². The molecule has 1 saturated carbocycles. The van der Waals surface area contributed by atoms with E-state index in [9.17, 15) is 0 Å². The molecule has 6 rings (SSSR count). The Morgan fingerprint density at radius 1 is 0.843 bits per heavy atom. The molecule has 262 valence electrons. The lowest BCUT2D eigenvalue weighted by molar-refractivity contribution is 0.189. The zero-order chi connectivity index (χ0) is 36.1. The third-order valence-electron chi connectivity index (χ3n) is 12.2. The molecule has 0 aliphatic heterocycles. The fraction of sp³-hybridized carbons (Fsp3) is 0.320. The van der Waals surface area contributed by atoms with Crippen LogP contribution in [-0.2, 0) is 0 Å². The van der Waals surface area contributed by atoms with Gasteiger partial charge in [0.2, 0.25) is 0 Å². The minimum Gasteiger partial charge on any atom is -0.342 e. The maximum absolute atomic E-state index is 4.08. The van der Waals surface area contributed by atoms with Crippen LogP contribution in [0.4, 0.5) is 0 Å². The molecule has 1 fully saturated rings. The summed E-state index contributed by atoms with van der Waals surface area (Å²) in [4.78, 5) is 2.50. The fourth-order valence-corrected chi connectivity index (χ4v) is 8.61. The van der Waals surface area contributed by atoms with Gasteiger partial charge >= 0.3 is 0 Å². The summed E-state index contributed by atoms with van der Waals surface area (Å²) in [6.45, 7) is 23.5. The van der Waals surface area contributed by atoms with Gasteiger partial charge in [-0.3, -0.25) is 0 Å². The molecule has 4 aromatic rings. The highest BCUT2D eigenvalue weighted by molar-refractivity contribution is 6.24. The van der Waals surface area contributed by atoms with Gasteiger partial charge in [0.1, 0.15) is 0 Å². The van der Waals surface area contributed by atoms with Crippen molar-refractivity contribution in [3.05, 3.63) is 163 Å². The van der Waals surface area contributed by atoms with Crippen molar-refractivity contribution in [2.45, 2.75) is 67.2 Å².